The lowest BCUT2D eigenvalue weighted by atomic mass is 9.76. The highest BCUT2D eigenvalue weighted by Gasteiger charge is 2.60. The Morgan fingerprint density at radius 2 is 1.61 bits per heavy atom. The van der Waals surface area contributed by atoms with Crippen LogP contribution in [-0.4, -0.2) is 21.2 Å². The van der Waals surface area contributed by atoms with Gasteiger partial charge < -0.3 is 9.64 Å². The lowest BCUT2D eigenvalue weighted by Gasteiger charge is -2.42. The fourth-order valence-electron chi connectivity index (χ4n) is 6.16. The Hall–Kier alpha value is -3.51. The highest BCUT2D eigenvalue weighted by atomic mass is 32.2. The molecule has 2 heterocycles. The van der Waals surface area contributed by atoms with Crippen LogP contribution in [0.3, 0.4) is 0 Å². The smallest absolute Gasteiger partial charge is 0.262 e. The van der Waals surface area contributed by atoms with E-state index in [2.05, 4.69) is 54.8 Å². The number of anilines is 2. The molecule has 1 N–H and O–H groups in total. The highest BCUT2D eigenvalue weighted by Crippen LogP contribution is 2.57. The van der Waals surface area contributed by atoms with Crippen molar-refractivity contribution < 1.29 is 13.2 Å². The fourth-order valence-corrected chi connectivity index (χ4v) is 7.46. The van der Waals surface area contributed by atoms with Crippen LogP contribution in [0.1, 0.15) is 36.1 Å². The number of aryl methyl sites for hydroxylation is 2. The molecule has 0 unspecified atom stereocenters. The zero-order valence-electron chi connectivity index (χ0n) is 21.2. The Morgan fingerprint density at radius 3 is 2.33 bits per heavy atom. The summed E-state index contributed by atoms with van der Waals surface area (Å²) < 4.78 is 36.8. The molecule has 2 aliphatic rings. The second kappa shape index (κ2) is 7.50. The minimum Gasteiger partial charge on any atom is -0.466 e. The fraction of sp³-hybridized carbons (Fsp3) is 0.267. The second-order valence-corrected chi connectivity index (χ2v) is 12.2. The Kier molecular flexibility index (Phi) is 4.77. The number of hydrogen-bond acceptors (Lipinski definition) is 4. The number of nitrogens with zero attached hydrogens (tertiary/aromatic N) is 1. The van der Waals surface area contributed by atoms with Gasteiger partial charge in [-0.1, -0.05) is 60.2 Å². The van der Waals surface area contributed by atoms with Gasteiger partial charge in [0, 0.05) is 35.5 Å². The molecule has 0 saturated heterocycles. The molecular weight excluding hydrogens is 468 g/mol. The molecule has 1 spiro atoms. The Bertz CT molecular complexity index is 1660. The van der Waals surface area contributed by atoms with Crippen LogP contribution in [0.15, 0.2) is 77.7 Å². The third-order valence-electron chi connectivity index (χ3n) is 8.09. The van der Waals surface area contributed by atoms with Crippen molar-refractivity contribution in [2.24, 2.45) is 0 Å². The first-order valence-electron chi connectivity index (χ1n) is 12.2. The molecule has 0 fully saturated rings. The first-order chi connectivity index (χ1) is 17.0. The summed E-state index contributed by atoms with van der Waals surface area (Å²) in [5.41, 5.74) is 4.85. The number of rotatable bonds is 3. The standard InChI is InChI=1S/C30H30N2O3S/c1-19-14-15-27(20(2)16-19)36(33,34)31-25-17-21-18-30(35-28(21)23-11-7-6-10-22(23)25)29(3,4)24-12-8-9-13-26(24)32(30)5/h6-17,31H,18H2,1-5H3/t30-/m1/s1. The molecule has 0 amide bonds. The van der Waals surface area contributed by atoms with Gasteiger partial charge >= 0.3 is 0 Å². The molecule has 1 atom stereocenters. The normalized spacial score (nSPS) is 19.9. The summed E-state index contributed by atoms with van der Waals surface area (Å²) in [7, 11) is -1.69. The van der Waals surface area contributed by atoms with Crippen molar-refractivity contribution in [2.75, 3.05) is 16.7 Å². The van der Waals surface area contributed by atoms with E-state index in [1.165, 1.54) is 5.56 Å². The Morgan fingerprint density at radius 1 is 0.917 bits per heavy atom. The molecule has 0 aliphatic carbocycles. The van der Waals surface area contributed by atoms with Gasteiger partial charge in [-0.25, -0.2) is 8.42 Å². The van der Waals surface area contributed by atoms with E-state index in [-0.39, 0.29) is 10.3 Å². The van der Waals surface area contributed by atoms with Gasteiger partial charge in [-0.05, 0) is 57.0 Å². The molecule has 0 radical (unpaired) electrons. The lowest BCUT2D eigenvalue weighted by molar-refractivity contribution is 0.0362. The first kappa shape index (κ1) is 22.9. The van der Waals surface area contributed by atoms with Crippen molar-refractivity contribution in [3.8, 4) is 5.75 Å². The van der Waals surface area contributed by atoms with Crippen LogP contribution in [0, 0.1) is 13.8 Å². The van der Waals surface area contributed by atoms with Crippen molar-refractivity contribution in [1.29, 1.82) is 0 Å². The maximum atomic E-state index is 13.5. The van der Waals surface area contributed by atoms with Crippen molar-refractivity contribution >= 4 is 32.2 Å². The molecule has 0 saturated carbocycles. The second-order valence-electron chi connectivity index (χ2n) is 10.6. The Balaban J connectivity index is 1.48. The largest absolute Gasteiger partial charge is 0.466 e. The van der Waals surface area contributed by atoms with Gasteiger partial charge in [0.1, 0.15) is 5.75 Å². The summed E-state index contributed by atoms with van der Waals surface area (Å²) in [4.78, 5) is 2.54. The quantitative estimate of drug-likeness (QED) is 0.359. The maximum Gasteiger partial charge on any atom is 0.262 e. The number of hydrogen-bond donors (Lipinski definition) is 1. The van der Waals surface area contributed by atoms with Crippen LogP contribution in [0.2, 0.25) is 0 Å². The first-order valence-corrected chi connectivity index (χ1v) is 13.7. The lowest BCUT2D eigenvalue weighted by Crippen LogP contribution is -2.58. The summed E-state index contributed by atoms with van der Waals surface area (Å²) in [6, 6.07) is 23.7. The molecule has 36 heavy (non-hydrogen) atoms. The van der Waals surface area contributed by atoms with Crippen LogP contribution in [0.5, 0.6) is 5.75 Å². The van der Waals surface area contributed by atoms with Gasteiger partial charge in [0.2, 0.25) is 0 Å². The average Bonchev–Trinajstić information content (AvgIpc) is 3.31. The topological polar surface area (TPSA) is 58.6 Å². The van der Waals surface area contributed by atoms with Gasteiger partial charge in [0.15, 0.2) is 5.72 Å². The highest BCUT2D eigenvalue weighted by molar-refractivity contribution is 7.92. The van der Waals surface area contributed by atoms with Gasteiger partial charge in [-0.3, -0.25) is 4.72 Å². The monoisotopic (exact) mass is 498 g/mol. The van der Waals surface area contributed by atoms with Gasteiger partial charge in [-0.15, -0.1) is 0 Å². The van der Waals surface area contributed by atoms with E-state index >= 15 is 0 Å². The minimum atomic E-state index is -3.78. The predicted octanol–water partition coefficient (Wildman–Crippen LogP) is 6.32. The zero-order chi connectivity index (χ0) is 25.5. The van der Waals surface area contributed by atoms with Crippen molar-refractivity contribution in [3.63, 3.8) is 0 Å². The van der Waals surface area contributed by atoms with Crippen molar-refractivity contribution in [2.45, 2.75) is 50.2 Å². The molecule has 5 nitrogen and oxygen atoms in total. The van der Waals surface area contributed by atoms with E-state index in [9.17, 15) is 8.42 Å². The van der Waals surface area contributed by atoms with Crippen molar-refractivity contribution in [3.05, 3.63) is 95.1 Å². The molecule has 0 bridgehead atoms. The van der Waals surface area contributed by atoms with Gasteiger partial charge in [0.25, 0.3) is 10.0 Å². The molecule has 2 aliphatic heterocycles. The molecule has 4 aromatic rings. The number of nitrogens with one attached hydrogen (secondary N) is 1. The summed E-state index contributed by atoms with van der Waals surface area (Å²) in [5, 5.41) is 1.72. The maximum absolute atomic E-state index is 13.5. The number of sulfonamides is 1. The van der Waals surface area contributed by atoms with Crippen LogP contribution in [0.25, 0.3) is 10.8 Å². The summed E-state index contributed by atoms with van der Waals surface area (Å²) in [6.45, 7) is 8.25. The molecule has 184 valence electrons. The minimum absolute atomic E-state index is 0.281. The van der Waals surface area contributed by atoms with E-state index in [1.807, 2.05) is 56.3 Å². The number of likely N-dealkylation sites (N-methyl/N-ethyl adjacent to an activating group) is 1. The van der Waals surface area contributed by atoms with Crippen LogP contribution < -0.4 is 14.4 Å². The van der Waals surface area contributed by atoms with E-state index in [4.69, 9.17) is 4.74 Å². The van der Waals surface area contributed by atoms with Gasteiger partial charge in [-0.2, -0.15) is 0 Å². The number of para-hydroxylation sites is 1. The summed E-state index contributed by atoms with van der Waals surface area (Å²) in [6.07, 6.45) is 0.642. The van der Waals surface area contributed by atoms with E-state index in [0.717, 1.165) is 38.9 Å². The van der Waals surface area contributed by atoms with E-state index in [0.29, 0.717) is 12.1 Å². The van der Waals surface area contributed by atoms with Gasteiger partial charge in [0.05, 0.1) is 16.0 Å². The molecule has 4 aromatic carbocycles. The molecule has 6 rings (SSSR count). The Labute approximate surface area is 212 Å². The summed E-state index contributed by atoms with van der Waals surface area (Å²) in [5.74, 6) is 0.827. The van der Waals surface area contributed by atoms with Crippen molar-refractivity contribution in [1.82, 2.24) is 0 Å². The average molecular weight is 499 g/mol. The molecule has 6 heteroatoms. The van der Waals surface area contributed by atoms with E-state index in [1.54, 1.807) is 6.07 Å². The van der Waals surface area contributed by atoms with Crippen LogP contribution in [0.4, 0.5) is 11.4 Å². The van der Waals surface area contributed by atoms with Crippen LogP contribution in [-0.2, 0) is 21.9 Å². The summed E-state index contributed by atoms with van der Waals surface area (Å²) >= 11 is 0. The predicted molar refractivity (Wildman–Crippen MR) is 146 cm³/mol. The SMILES string of the molecule is Cc1ccc(S(=O)(=O)Nc2cc3c(c4ccccc24)O[C@@]2(C3)N(C)c3ccccc3C2(C)C)c(C)c1. The number of benzene rings is 4. The third-order valence-corrected chi connectivity index (χ3v) is 9.62. The number of fused-ring (bicyclic) bond motifs is 4. The number of ether oxygens (including phenoxy) is 1. The molecule has 0 aromatic heterocycles. The van der Waals surface area contributed by atoms with E-state index < -0.39 is 15.7 Å². The third kappa shape index (κ3) is 3.03. The molecular formula is C30H30N2O3S. The zero-order valence-corrected chi connectivity index (χ0v) is 22.0. The van der Waals surface area contributed by atoms with Crippen LogP contribution >= 0.6 is 0 Å².